The van der Waals surface area contributed by atoms with Gasteiger partial charge in [-0.05, 0) is 55.3 Å². The number of allylic oxidation sites excluding steroid dienone is 1. The molecule has 0 bridgehead atoms. The van der Waals surface area contributed by atoms with Crippen LogP contribution in [0.4, 0.5) is 0 Å². The molecule has 4 aliphatic carbocycles. The van der Waals surface area contributed by atoms with E-state index in [1.165, 1.54) is 18.9 Å². The molecule has 3 fully saturated rings. The maximum absolute atomic E-state index is 12.4. The van der Waals surface area contributed by atoms with Crippen molar-refractivity contribution in [3.8, 4) is 0 Å². The zero-order chi connectivity index (χ0) is 16.4. The normalized spacial score (nSPS) is 48.3. The monoisotopic (exact) mass is 316 g/mol. The number of rotatable bonds is 1. The van der Waals surface area contributed by atoms with Gasteiger partial charge in [-0.25, -0.2) is 0 Å². The number of esters is 1. The van der Waals surface area contributed by atoms with Crippen molar-refractivity contribution in [2.75, 3.05) is 0 Å². The Hall–Kier alpha value is -1.12. The van der Waals surface area contributed by atoms with Gasteiger partial charge in [0.2, 0.25) is 0 Å². The summed E-state index contributed by atoms with van der Waals surface area (Å²) in [7, 11) is 0. The molecule has 0 aromatic heterocycles. The highest BCUT2D eigenvalue weighted by Gasteiger charge is 2.59. The molecule has 3 nitrogen and oxygen atoms in total. The van der Waals surface area contributed by atoms with Gasteiger partial charge in [0.25, 0.3) is 0 Å². The van der Waals surface area contributed by atoms with Gasteiger partial charge in [0.1, 0.15) is 11.9 Å². The van der Waals surface area contributed by atoms with Crippen LogP contribution in [0.25, 0.3) is 0 Å². The molecule has 0 radical (unpaired) electrons. The van der Waals surface area contributed by atoms with Gasteiger partial charge in [-0.1, -0.05) is 25.5 Å². The predicted molar refractivity (Wildman–Crippen MR) is 87.6 cm³/mol. The molecule has 23 heavy (non-hydrogen) atoms. The van der Waals surface area contributed by atoms with Crippen molar-refractivity contribution in [3.63, 3.8) is 0 Å². The highest BCUT2D eigenvalue weighted by Crippen LogP contribution is 2.65. The number of fused-ring (bicyclic) bond motifs is 5. The van der Waals surface area contributed by atoms with Gasteiger partial charge >= 0.3 is 5.97 Å². The van der Waals surface area contributed by atoms with E-state index in [9.17, 15) is 9.59 Å². The van der Waals surface area contributed by atoms with Crippen molar-refractivity contribution in [1.29, 1.82) is 0 Å². The topological polar surface area (TPSA) is 43.4 Å². The second kappa shape index (κ2) is 4.94. The number of carbonyl (C=O) groups is 2. The molecule has 0 saturated heterocycles. The molecule has 126 valence electrons. The molecule has 6 atom stereocenters. The smallest absolute Gasteiger partial charge is 0.302 e. The molecule has 0 unspecified atom stereocenters. The van der Waals surface area contributed by atoms with Crippen LogP contribution < -0.4 is 0 Å². The number of ketones is 1. The van der Waals surface area contributed by atoms with Crippen LogP contribution in [0.5, 0.6) is 0 Å². The van der Waals surface area contributed by atoms with Crippen molar-refractivity contribution in [3.05, 3.63) is 11.6 Å². The standard InChI is InChI=1S/C20H28O3/c1-12(21)23-14-6-8-19(2)13(10-14)11-15-16-4-5-18(22)20(16,3)9-7-17(15)19/h11,14-17H,4-10H2,1-3H3/t14-,15+,16-,17-,19+,20-/m1/s1. The molecule has 0 spiro atoms. The summed E-state index contributed by atoms with van der Waals surface area (Å²) in [6, 6.07) is 0. The first-order chi connectivity index (χ1) is 10.8. The number of carbonyl (C=O) groups excluding carboxylic acids is 2. The Kier molecular flexibility index (Phi) is 3.31. The molecule has 0 aromatic carbocycles. The van der Waals surface area contributed by atoms with Gasteiger partial charge in [0, 0.05) is 25.2 Å². The van der Waals surface area contributed by atoms with E-state index < -0.39 is 0 Å². The second-order valence-electron chi connectivity index (χ2n) is 8.79. The molecule has 0 heterocycles. The third-order valence-corrected chi connectivity index (χ3v) is 7.75. The van der Waals surface area contributed by atoms with Crippen molar-refractivity contribution >= 4 is 11.8 Å². The van der Waals surface area contributed by atoms with Crippen LogP contribution in [-0.2, 0) is 14.3 Å². The average molecular weight is 316 g/mol. The van der Waals surface area contributed by atoms with E-state index in [4.69, 9.17) is 4.74 Å². The second-order valence-corrected chi connectivity index (χ2v) is 8.79. The maximum Gasteiger partial charge on any atom is 0.302 e. The lowest BCUT2D eigenvalue weighted by Crippen LogP contribution is -2.44. The lowest BCUT2D eigenvalue weighted by molar-refractivity contribution is -0.148. The highest BCUT2D eigenvalue weighted by atomic mass is 16.5. The summed E-state index contributed by atoms with van der Waals surface area (Å²) in [4.78, 5) is 23.7. The van der Waals surface area contributed by atoms with Gasteiger partial charge in [-0.3, -0.25) is 9.59 Å². The number of Topliss-reactive ketones (excluding diaryl/α,β-unsaturated/α-hetero) is 1. The SMILES string of the molecule is CC(=O)O[C@@H]1CC[C@@]2(C)C(=C[C@H]3[C@H]4CCC(=O)[C@]4(C)CC[C@H]32)C1. The van der Waals surface area contributed by atoms with Crippen molar-refractivity contribution in [1.82, 2.24) is 0 Å². The van der Waals surface area contributed by atoms with Crippen molar-refractivity contribution in [2.24, 2.45) is 28.6 Å². The molecule has 3 heteroatoms. The molecule has 0 aliphatic heterocycles. The Morgan fingerprint density at radius 3 is 2.57 bits per heavy atom. The summed E-state index contributed by atoms with van der Waals surface area (Å²) >= 11 is 0. The zero-order valence-corrected chi connectivity index (χ0v) is 14.6. The fourth-order valence-electron chi connectivity index (χ4n) is 6.39. The van der Waals surface area contributed by atoms with Crippen LogP contribution >= 0.6 is 0 Å². The minimum absolute atomic E-state index is 0.0589. The molecule has 3 saturated carbocycles. The first-order valence-corrected chi connectivity index (χ1v) is 9.26. The first kappa shape index (κ1) is 15.4. The maximum atomic E-state index is 12.4. The van der Waals surface area contributed by atoms with Crippen molar-refractivity contribution < 1.29 is 14.3 Å². The van der Waals surface area contributed by atoms with Crippen LogP contribution in [0.2, 0.25) is 0 Å². The van der Waals surface area contributed by atoms with E-state index in [0.717, 1.165) is 38.5 Å². The summed E-state index contributed by atoms with van der Waals surface area (Å²) in [6.07, 6.45) is 9.67. The van der Waals surface area contributed by atoms with Crippen LogP contribution in [-0.4, -0.2) is 17.9 Å². The largest absolute Gasteiger partial charge is 0.462 e. The summed E-state index contributed by atoms with van der Waals surface area (Å²) in [5.74, 6) is 2.13. The Bertz CT molecular complexity index is 592. The fourth-order valence-corrected chi connectivity index (χ4v) is 6.39. The van der Waals surface area contributed by atoms with Crippen LogP contribution in [0.1, 0.15) is 65.7 Å². The number of hydrogen-bond acceptors (Lipinski definition) is 3. The fraction of sp³-hybridized carbons (Fsp3) is 0.800. The molecule has 0 amide bonds. The highest BCUT2D eigenvalue weighted by molar-refractivity contribution is 5.87. The van der Waals surface area contributed by atoms with Crippen LogP contribution in [0, 0.1) is 28.6 Å². The summed E-state index contributed by atoms with van der Waals surface area (Å²) < 4.78 is 5.49. The molecular formula is C20H28O3. The molecular weight excluding hydrogens is 288 g/mol. The summed E-state index contributed by atoms with van der Waals surface area (Å²) in [5, 5.41) is 0. The quantitative estimate of drug-likeness (QED) is 0.541. The van der Waals surface area contributed by atoms with E-state index in [-0.39, 0.29) is 22.9 Å². The van der Waals surface area contributed by atoms with E-state index in [2.05, 4.69) is 19.9 Å². The minimum Gasteiger partial charge on any atom is -0.462 e. The van der Waals surface area contributed by atoms with Gasteiger partial charge in [0.05, 0.1) is 0 Å². The average Bonchev–Trinajstić information content (AvgIpc) is 2.94. The third kappa shape index (κ3) is 2.08. The molecule has 4 rings (SSSR count). The van der Waals surface area contributed by atoms with Crippen LogP contribution in [0.15, 0.2) is 11.6 Å². The summed E-state index contributed by atoms with van der Waals surface area (Å²) in [6.45, 7) is 6.15. The predicted octanol–water partition coefficient (Wildman–Crippen LogP) is 4.06. The van der Waals surface area contributed by atoms with E-state index in [0.29, 0.717) is 23.5 Å². The molecule has 0 N–H and O–H groups in total. The third-order valence-electron chi connectivity index (χ3n) is 7.75. The Morgan fingerprint density at radius 1 is 1.13 bits per heavy atom. The number of hydrogen-bond donors (Lipinski definition) is 0. The van der Waals surface area contributed by atoms with E-state index in [1.807, 2.05) is 0 Å². The van der Waals surface area contributed by atoms with Gasteiger partial charge in [-0.2, -0.15) is 0 Å². The van der Waals surface area contributed by atoms with E-state index >= 15 is 0 Å². The first-order valence-electron chi connectivity index (χ1n) is 9.26. The Balaban J connectivity index is 1.62. The summed E-state index contributed by atoms with van der Waals surface area (Å²) in [5.41, 5.74) is 1.71. The lowest BCUT2D eigenvalue weighted by atomic mass is 9.55. The van der Waals surface area contributed by atoms with E-state index in [1.54, 1.807) is 0 Å². The van der Waals surface area contributed by atoms with Gasteiger partial charge < -0.3 is 4.74 Å². The number of ether oxygens (including phenoxy) is 1. The van der Waals surface area contributed by atoms with Gasteiger partial charge in [-0.15, -0.1) is 0 Å². The zero-order valence-electron chi connectivity index (χ0n) is 14.6. The minimum atomic E-state index is -0.163. The Labute approximate surface area is 138 Å². The van der Waals surface area contributed by atoms with Gasteiger partial charge in [0.15, 0.2) is 0 Å². The lowest BCUT2D eigenvalue weighted by Gasteiger charge is -2.49. The van der Waals surface area contributed by atoms with Crippen LogP contribution in [0.3, 0.4) is 0 Å². The molecule has 4 aliphatic rings. The Morgan fingerprint density at radius 2 is 1.83 bits per heavy atom. The molecule has 0 aromatic rings. The van der Waals surface area contributed by atoms with Crippen molar-refractivity contribution in [2.45, 2.75) is 71.8 Å².